The normalized spacial score (nSPS) is 10.2. The number of ether oxygens (including phenoxy) is 1. The molecule has 3 N–H and O–H groups in total. The Labute approximate surface area is 137 Å². The van der Waals surface area contributed by atoms with Crippen molar-refractivity contribution >= 4 is 11.8 Å². The van der Waals surface area contributed by atoms with Crippen LogP contribution >= 0.6 is 0 Å². The summed E-state index contributed by atoms with van der Waals surface area (Å²) < 4.78 is 32.3. The zero-order valence-corrected chi connectivity index (χ0v) is 12.7. The van der Waals surface area contributed by atoms with Crippen molar-refractivity contribution in [2.24, 2.45) is 5.73 Å². The van der Waals surface area contributed by atoms with Gasteiger partial charge in [0.25, 0.3) is 5.91 Å². The Bertz CT molecular complexity index is 750. The molecule has 0 unspecified atom stereocenters. The molecule has 0 saturated heterocycles. The Morgan fingerprint density at radius 1 is 1.12 bits per heavy atom. The van der Waals surface area contributed by atoms with Crippen LogP contribution in [-0.4, -0.2) is 18.4 Å². The van der Waals surface area contributed by atoms with Crippen LogP contribution in [0.4, 0.5) is 8.78 Å². The minimum atomic E-state index is -0.714. The van der Waals surface area contributed by atoms with Crippen LogP contribution in [0.3, 0.4) is 0 Å². The molecule has 2 aromatic carbocycles. The number of rotatable bonds is 7. The number of amides is 2. The number of halogens is 2. The molecular formula is C17H16F2N2O3. The highest BCUT2D eigenvalue weighted by molar-refractivity contribution is 5.94. The van der Waals surface area contributed by atoms with Gasteiger partial charge in [-0.15, -0.1) is 0 Å². The van der Waals surface area contributed by atoms with Crippen molar-refractivity contribution in [1.29, 1.82) is 0 Å². The van der Waals surface area contributed by atoms with Gasteiger partial charge < -0.3 is 15.8 Å². The second kappa shape index (κ2) is 8.05. The molecule has 0 aliphatic carbocycles. The molecule has 0 spiro atoms. The van der Waals surface area contributed by atoms with Crippen LogP contribution in [0.15, 0.2) is 42.5 Å². The van der Waals surface area contributed by atoms with Gasteiger partial charge in [0.05, 0.1) is 0 Å². The van der Waals surface area contributed by atoms with Gasteiger partial charge in [-0.2, -0.15) is 0 Å². The molecule has 2 rings (SSSR count). The average Bonchev–Trinajstić information content (AvgIpc) is 2.53. The van der Waals surface area contributed by atoms with E-state index in [-0.39, 0.29) is 30.9 Å². The van der Waals surface area contributed by atoms with E-state index in [0.717, 1.165) is 6.07 Å². The van der Waals surface area contributed by atoms with Crippen molar-refractivity contribution < 1.29 is 23.1 Å². The number of hydrogen-bond donors (Lipinski definition) is 2. The number of nitrogens with two attached hydrogens (primary N) is 1. The standard InChI is InChI=1S/C17H16F2N2O3/c18-13-3-1-2-11(8-13)10-24-15-5-4-12(9-14(15)19)17(23)21-7-6-16(20)22/h1-5,8-9H,6-7,10H2,(H2,20,22)(H,21,23). The van der Waals surface area contributed by atoms with E-state index in [4.69, 9.17) is 10.5 Å². The molecule has 24 heavy (non-hydrogen) atoms. The summed E-state index contributed by atoms with van der Waals surface area (Å²) in [5, 5.41) is 2.45. The molecule has 0 aliphatic rings. The summed E-state index contributed by atoms with van der Waals surface area (Å²) in [5.41, 5.74) is 5.61. The lowest BCUT2D eigenvalue weighted by molar-refractivity contribution is -0.117. The van der Waals surface area contributed by atoms with Crippen molar-refractivity contribution in [2.45, 2.75) is 13.0 Å². The fraction of sp³-hybridized carbons (Fsp3) is 0.176. The molecule has 0 bridgehead atoms. The largest absolute Gasteiger partial charge is 0.486 e. The van der Waals surface area contributed by atoms with Crippen LogP contribution in [-0.2, 0) is 11.4 Å². The summed E-state index contributed by atoms with van der Waals surface area (Å²) in [6.07, 6.45) is 0.00303. The van der Waals surface area contributed by atoms with E-state index in [1.165, 1.54) is 30.3 Å². The van der Waals surface area contributed by atoms with E-state index in [9.17, 15) is 18.4 Å². The lowest BCUT2D eigenvalue weighted by Crippen LogP contribution is -2.27. The second-order valence-electron chi connectivity index (χ2n) is 5.04. The number of carbonyl (C=O) groups excluding carboxylic acids is 2. The van der Waals surface area contributed by atoms with E-state index in [1.807, 2.05) is 0 Å². The van der Waals surface area contributed by atoms with E-state index >= 15 is 0 Å². The maximum absolute atomic E-state index is 14.0. The van der Waals surface area contributed by atoms with Crippen molar-refractivity contribution in [3.05, 3.63) is 65.2 Å². The van der Waals surface area contributed by atoms with Gasteiger partial charge in [0.15, 0.2) is 11.6 Å². The van der Waals surface area contributed by atoms with Crippen LogP contribution < -0.4 is 15.8 Å². The van der Waals surface area contributed by atoms with Gasteiger partial charge in [-0.1, -0.05) is 12.1 Å². The Hall–Kier alpha value is -2.96. The molecule has 0 saturated carbocycles. The Morgan fingerprint density at radius 2 is 1.92 bits per heavy atom. The second-order valence-corrected chi connectivity index (χ2v) is 5.04. The number of carbonyl (C=O) groups is 2. The van der Waals surface area contributed by atoms with Gasteiger partial charge in [-0.25, -0.2) is 8.78 Å². The molecule has 2 aromatic rings. The van der Waals surface area contributed by atoms with Gasteiger partial charge >= 0.3 is 0 Å². The van der Waals surface area contributed by atoms with Crippen LogP contribution in [0.2, 0.25) is 0 Å². The fourth-order valence-corrected chi connectivity index (χ4v) is 1.95. The van der Waals surface area contributed by atoms with Gasteiger partial charge in [0, 0.05) is 18.5 Å². The first-order valence-electron chi connectivity index (χ1n) is 7.19. The lowest BCUT2D eigenvalue weighted by Gasteiger charge is -2.09. The molecular weight excluding hydrogens is 318 g/mol. The molecule has 0 atom stereocenters. The molecule has 0 aliphatic heterocycles. The third-order valence-electron chi connectivity index (χ3n) is 3.13. The summed E-state index contributed by atoms with van der Waals surface area (Å²) >= 11 is 0. The predicted molar refractivity (Wildman–Crippen MR) is 83.3 cm³/mol. The maximum Gasteiger partial charge on any atom is 0.251 e. The third-order valence-corrected chi connectivity index (χ3v) is 3.13. The van der Waals surface area contributed by atoms with Crippen LogP contribution in [0.5, 0.6) is 5.75 Å². The van der Waals surface area contributed by atoms with E-state index in [1.54, 1.807) is 6.07 Å². The highest BCUT2D eigenvalue weighted by Crippen LogP contribution is 2.20. The van der Waals surface area contributed by atoms with E-state index < -0.39 is 23.4 Å². The van der Waals surface area contributed by atoms with Crippen molar-refractivity contribution in [1.82, 2.24) is 5.32 Å². The predicted octanol–water partition coefficient (Wildman–Crippen LogP) is 2.15. The number of hydrogen-bond acceptors (Lipinski definition) is 3. The Kier molecular flexibility index (Phi) is 5.83. The molecule has 126 valence electrons. The first-order chi connectivity index (χ1) is 11.5. The third kappa shape index (κ3) is 5.05. The van der Waals surface area contributed by atoms with Gasteiger partial charge in [0.1, 0.15) is 12.4 Å². The van der Waals surface area contributed by atoms with Crippen LogP contribution in [0.1, 0.15) is 22.3 Å². The first kappa shape index (κ1) is 17.4. The first-order valence-corrected chi connectivity index (χ1v) is 7.19. The lowest BCUT2D eigenvalue weighted by atomic mass is 10.2. The summed E-state index contributed by atoms with van der Waals surface area (Å²) in [5.74, 6) is -2.23. The molecule has 7 heteroatoms. The topological polar surface area (TPSA) is 81.4 Å². The van der Waals surface area contributed by atoms with Crippen LogP contribution in [0.25, 0.3) is 0 Å². The summed E-state index contributed by atoms with van der Waals surface area (Å²) in [4.78, 5) is 22.4. The van der Waals surface area contributed by atoms with E-state index in [2.05, 4.69) is 5.32 Å². The average molecular weight is 334 g/mol. The summed E-state index contributed by atoms with van der Waals surface area (Å²) in [7, 11) is 0. The van der Waals surface area contributed by atoms with Crippen molar-refractivity contribution in [3.63, 3.8) is 0 Å². The highest BCUT2D eigenvalue weighted by Gasteiger charge is 2.11. The Balaban J connectivity index is 1.96. The molecule has 0 radical (unpaired) electrons. The smallest absolute Gasteiger partial charge is 0.251 e. The van der Waals surface area contributed by atoms with Gasteiger partial charge in [-0.05, 0) is 35.9 Å². The van der Waals surface area contributed by atoms with Gasteiger partial charge in [0.2, 0.25) is 5.91 Å². The molecule has 5 nitrogen and oxygen atoms in total. The molecule has 2 amide bonds. The molecule has 0 fully saturated rings. The quantitative estimate of drug-likeness (QED) is 0.814. The number of primary amides is 1. The van der Waals surface area contributed by atoms with Crippen LogP contribution in [0, 0.1) is 11.6 Å². The fourth-order valence-electron chi connectivity index (χ4n) is 1.95. The minimum Gasteiger partial charge on any atom is -0.486 e. The monoisotopic (exact) mass is 334 g/mol. The van der Waals surface area contributed by atoms with E-state index in [0.29, 0.717) is 5.56 Å². The maximum atomic E-state index is 14.0. The minimum absolute atomic E-state index is 0.00116. The summed E-state index contributed by atoms with van der Waals surface area (Å²) in [6.45, 7) is 0.0758. The zero-order valence-electron chi connectivity index (χ0n) is 12.7. The Morgan fingerprint density at radius 3 is 2.58 bits per heavy atom. The summed E-state index contributed by atoms with van der Waals surface area (Å²) in [6, 6.07) is 9.52. The van der Waals surface area contributed by atoms with Gasteiger partial charge in [-0.3, -0.25) is 9.59 Å². The van der Waals surface area contributed by atoms with Crippen molar-refractivity contribution in [2.75, 3.05) is 6.54 Å². The molecule has 0 heterocycles. The highest BCUT2D eigenvalue weighted by atomic mass is 19.1. The zero-order chi connectivity index (χ0) is 17.5. The van der Waals surface area contributed by atoms with Crippen molar-refractivity contribution in [3.8, 4) is 5.75 Å². The number of nitrogens with one attached hydrogen (secondary N) is 1. The SMILES string of the molecule is NC(=O)CCNC(=O)c1ccc(OCc2cccc(F)c2)c(F)c1. The molecule has 0 aromatic heterocycles. The number of benzene rings is 2.